The van der Waals surface area contributed by atoms with E-state index >= 15 is 0 Å². The summed E-state index contributed by atoms with van der Waals surface area (Å²) in [5, 5.41) is 9.15. The van der Waals surface area contributed by atoms with E-state index in [2.05, 4.69) is 4.98 Å². The van der Waals surface area contributed by atoms with Gasteiger partial charge in [0.05, 0.1) is 6.20 Å². The first-order valence-corrected chi connectivity index (χ1v) is 5.81. The van der Waals surface area contributed by atoms with Crippen LogP contribution in [0.1, 0.15) is 5.56 Å². The topological polar surface area (TPSA) is 59.4 Å². The summed E-state index contributed by atoms with van der Waals surface area (Å²) in [6, 6.07) is 8.47. The highest BCUT2D eigenvalue weighted by atomic mass is 35.5. The van der Waals surface area contributed by atoms with Gasteiger partial charge < -0.3 is 9.84 Å². The molecule has 1 aromatic heterocycles. The van der Waals surface area contributed by atoms with E-state index in [1.165, 1.54) is 6.08 Å². The van der Waals surface area contributed by atoms with Crippen LogP contribution in [0.2, 0.25) is 5.02 Å². The molecule has 0 amide bonds. The Morgan fingerprint density at radius 2 is 2.21 bits per heavy atom. The van der Waals surface area contributed by atoms with Crippen LogP contribution in [-0.2, 0) is 4.79 Å². The Morgan fingerprint density at radius 1 is 1.37 bits per heavy atom. The highest BCUT2D eigenvalue weighted by molar-refractivity contribution is 6.30. The van der Waals surface area contributed by atoms with Crippen LogP contribution >= 0.6 is 11.6 Å². The lowest BCUT2D eigenvalue weighted by atomic mass is 10.2. The molecule has 2 rings (SSSR count). The van der Waals surface area contributed by atoms with Gasteiger partial charge in [0.1, 0.15) is 11.5 Å². The quantitative estimate of drug-likeness (QED) is 0.866. The predicted octanol–water partition coefficient (Wildman–Crippen LogP) is 3.63. The first-order valence-electron chi connectivity index (χ1n) is 5.43. The lowest BCUT2D eigenvalue weighted by Crippen LogP contribution is -1.90. The van der Waals surface area contributed by atoms with Gasteiger partial charge in [0.15, 0.2) is 0 Å². The molecule has 5 heteroatoms. The zero-order chi connectivity index (χ0) is 13.7. The van der Waals surface area contributed by atoms with Crippen molar-refractivity contribution in [3.63, 3.8) is 0 Å². The predicted molar refractivity (Wildman–Crippen MR) is 72.4 cm³/mol. The second kappa shape index (κ2) is 6.02. The number of carbonyl (C=O) groups is 1. The van der Waals surface area contributed by atoms with Crippen molar-refractivity contribution in [1.29, 1.82) is 0 Å². The van der Waals surface area contributed by atoms with E-state index in [1.54, 1.807) is 42.7 Å². The third-order valence-electron chi connectivity index (χ3n) is 2.24. The molecule has 0 spiro atoms. The Bertz CT molecular complexity index is 611. The van der Waals surface area contributed by atoms with Crippen LogP contribution in [0.4, 0.5) is 0 Å². The number of benzene rings is 1. The lowest BCUT2D eigenvalue weighted by molar-refractivity contribution is -0.131. The van der Waals surface area contributed by atoms with Crippen LogP contribution in [0, 0.1) is 0 Å². The summed E-state index contributed by atoms with van der Waals surface area (Å²) in [4.78, 5) is 14.5. The van der Waals surface area contributed by atoms with Gasteiger partial charge in [-0.05, 0) is 30.3 Å². The van der Waals surface area contributed by atoms with Gasteiger partial charge in [-0.2, -0.15) is 0 Å². The summed E-state index contributed by atoms with van der Waals surface area (Å²) in [7, 11) is 0. The molecule has 1 heterocycles. The van der Waals surface area contributed by atoms with Gasteiger partial charge in [0, 0.05) is 28.9 Å². The van der Waals surface area contributed by atoms with Crippen molar-refractivity contribution in [1.82, 2.24) is 4.98 Å². The number of hydrogen-bond acceptors (Lipinski definition) is 3. The fourth-order valence-corrected chi connectivity index (χ4v) is 1.59. The Morgan fingerprint density at radius 3 is 2.89 bits per heavy atom. The first kappa shape index (κ1) is 13.1. The molecule has 96 valence electrons. The normalized spacial score (nSPS) is 10.6. The standard InChI is InChI=1S/C14H10ClNO3/c15-11-5-3-10(4-6-14(17)18)13(8-11)19-12-2-1-7-16-9-12/h1-9H,(H,17,18)/b6-4+. The summed E-state index contributed by atoms with van der Waals surface area (Å²) in [6.07, 6.45) is 5.69. The summed E-state index contributed by atoms with van der Waals surface area (Å²) in [6.45, 7) is 0. The Kier molecular flexibility index (Phi) is 4.15. The van der Waals surface area contributed by atoms with Crippen molar-refractivity contribution in [2.75, 3.05) is 0 Å². The number of aromatic nitrogens is 1. The molecule has 0 aliphatic carbocycles. The second-order valence-corrected chi connectivity index (χ2v) is 4.08. The molecule has 0 atom stereocenters. The molecule has 0 unspecified atom stereocenters. The Hall–Kier alpha value is -2.33. The Labute approximate surface area is 114 Å². The SMILES string of the molecule is O=C(O)/C=C/c1ccc(Cl)cc1Oc1cccnc1. The molecule has 0 saturated carbocycles. The van der Waals surface area contributed by atoms with Gasteiger partial charge in [-0.3, -0.25) is 4.98 Å². The Balaban J connectivity index is 2.32. The largest absolute Gasteiger partial charge is 0.478 e. The van der Waals surface area contributed by atoms with Gasteiger partial charge in [0.2, 0.25) is 0 Å². The number of pyridine rings is 1. The molecule has 0 fully saturated rings. The van der Waals surface area contributed by atoms with Crippen molar-refractivity contribution in [2.24, 2.45) is 0 Å². The van der Waals surface area contributed by atoms with Crippen LogP contribution < -0.4 is 4.74 Å². The van der Waals surface area contributed by atoms with Crippen LogP contribution in [0.3, 0.4) is 0 Å². The zero-order valence-corrected chi connectivity index (χ0v) is 10.5. The van der Waals surface area contributed by atoms with E-state index < -0.39 is 5.97 Å². The molecular formula is C14H10ClNO3. The minimum absolute atomic E-state index is 0.470. The second-order valence-electron chi connectivity index (χ2n) is 3.64. The molecule has 19 heavy (non-hydrogen) atoms. The number of halogens is 1. The maximum Gasteiger partial charge on any atom is 0.328 e. The number of hydrogen-bond donors (Lipinski definition) is 1. The van der Waals surface area contributed by atoms with Crippen LogP contribution in [0.15, 0.2) is 48.8 Å². The van der Waals surface area contributed by atoms with E-state index in [-0.39, 0.29) is 0 Å². The van der Waals surface area contributed by atoms with Crippen molar-refractivity contribution >= 4 is 23.6 Å². The fraction of sp³-hybridized carbons (Fsp3) is 0. The molecule has 0 aliphatic rings. The summed E-state index contributed by atoms with van der Waals surface area (Å²) < 4.78 is 5.63. The van der Waals surface area contributed by atoms with Gasteiger partial charge in [-0.25, -0.2) is 4.79 Å². The van der Waals surface area contributed by atoms with E-state index in [1.807, 2.05) is 0 Å². The monoisotopic (exact) mass is 275 g/mol. The van der Waals surface area contributed by atoms with E-state index in [9.17, 15) is 4.79 Å². The van der Waals surface area contributed by atoms with Crippen LogP contribution in [0.25, 0.3) is 6.08 Å². The molecule has 0 saturated heterocycles. The van der Waals surface area contributed by atoms with E-state index in [0.29, 0.717) is 22.1 Å². The lowest BCUT2D eigenvalue weighted by Gasteiger charge is -2.08. The van der Waals surface area contributed by atoms with Gasteiger partial charge in [-0.1, -0.05) is 11.6 Å². The molecular weight excluding hydrogens is 266 g/mol. The number of carboxylic acids is 1. The average molecular weight is 276 g/mol. The smallest absolute Gasteiger partial charge is 0.328 e. The van der Waals surface area contributed by atoms with Gasteiger partial charge in [0.25, 0.3) is 0 Å². The van der Waals surface area contributed by atoms with Crippen molar-refractivity contribution < 1.29 is 14.6 Å². The zero-order valence-electron chi connectivity index (χ0n) is 9.79. The summed E-state index contributed by atoms with van der Waals surface area (Å²) in [5.74, 6) is -0.00461. The average Bonchev–Trinajstić information content (AvgIpc) is 2.39. The maximum atomic E-state index is 10.5. The van der Waals surface area contributed by atoms with Crippen LogP contribution in [0.5, 0.6) is 11.5 Å². The molecule has 0 aliphatic heterocycles. The molecule has 0 radical (unpaired) electrons. The van der Waals surface area contributed by atoms with Gasteiger partial charge in [-0.15, -0.1) is 0 Å². The summed E-state index contributed by atoms with van der Waals surface area (Å²) >= 11 is 5.91. The van der Waals surface area contributed by atoms with Crippen molar-refractivity contribution in [2.45, 2.75) is 0 Å². The molecule has 1 N–H and O–H groups in total. The highest BCUT2D eigenvalue weighted by Crippen LogP contribution is 2.28. The summed E-state index contributed by atoms with van der Waals surface area (Å²) in [5.41, 5.74) is 0.621. The number of nitrogens with zero attached hydrogens (tertiary/aromatic N) is 1. The van der Waals surface area contributed by atoms with Crippen molar-refractivity contribution in [3.05, 3.63) is 59.4 Å². The minimum atomic E-state index is -1.03. The first-order chi connectivity index (χ1) is 9.15. The molecule has 0 bridgehead atoms. The van der Waals surface area contributed by atoms with Crippen LogP contribution in [-0.4, -0.2) is 16.1 Å². The number of rotatable bonds is 4. The fourth-order valence-electron chi connectivity index (χ4n) is 1.43. The number of aliphatic carboxylic acids is 1. The third kappa shape index (κ3) is 3.82. The third-order valence-corrected chi connectivity index (χ3v) is 2.48. The number of ether oxygens (including phenoxy) is 1. The highest BCUT2D eigenvalue weighted by Gasteiger charge is 2.04. The minimum Gasteiger partial charge on any atom is -0.478 e. The molecule has 4 nitrogen and oxygen atoms in total. The van der Waals surface area contributed by atoms with Gasteiger partial charge >= 0.3 is 5.97 Å². The molecule has 1 aromatic carbocycles. The molecule has 2 aromatic rings. The maximum absolute atomic E-state index is 10.5. The van der Waals surface area contributed by atoms with E-state index in [0.717, 1.165) is 6.08 Å². The number of carboxylic acid groups (broad SMARTS) is 1. The van der Waals surface area contributed by atoms with E-state index in [4.69, 9.17) is 21.4 Å². The van der Waals surface area contributed by atoms with Crippen molar-refractivity contribution in [3.8, 4) is 11.5 Å².